The van der Waals surface area contributed by atoms with E-state index in [2.05, 4.69) is 10.6 Å². The zero-order chi connectivity index (χ0) is 13.8. The summed E-state index contributed by atoms with van der Waals surface area (Å²) < 4.78 is 5.33. The van der Waals surface area contributed by atoms with E-state index >= 15 is 0 Å². The van der Waals surface area contributed by atoms with Gasteiger partial charge < -0.3 is 20.3 Å². The number of carbonyl (C=O) groups is 2. The topological polar surface area (TPSA) is 70.7 Å². The molecule has 6 nitrogen and oxygen atoms in total. The highest BCUT2D eigenvalue weighted by molar-refractivity contribution is 5.97. The Balaban J connectivity index is 2.10. The Labute approximate surface area is 113 Å². The molecule has 2 heterocycles. The van der Waals surface area contributed by atoms with E-state index in [1.54, 1.807) is 4.90 Å². The number of ether oxygens (including phenoxy) is 1. The minimum atomic E-state index is -0.509. The quantitative estimate of drug-likeness (QED) is 0.661. The fourth-order valence-electron chi connectivity index (χ4n) is 2.24. The second-order valence-corrected chi connectivity index (χ2v) is 4.82. The molecule has 106 valence electrons. The van der Waals surface area contributed by atoms with Crippen molar-refractivity contribution in [3.05, 3.63) is 11.1 Å². The van der Waals surface area contributed by atoms with Crippen molar-refractivity contribution in [3.8, 4) is 0 Å². The van der Waals surface area contributed by atoms with E-state index in [0.29, 0.717) is 19.7 Å². The van der Waals surface area contributed by atoms with Crippen LogP contribution in [-0.4, -0.2) is 62.1 Å². The van der Waals surface area contributed by atoms with Gasteiger partial charge in [0.15, 0.2) is 0 Å². The minimum absolute atomic E-state index is 0.0453. The molecule has 1 atom stereocenters. The third kappa shape index (κ3) is 2.96. The van der Waals surface area contributed by atoms with Gasteiger partial charge in [0.25, 0.3) is 0 Å². The molecule has 0 aromatic rings. The number of likely N-dealkylation sites (N-methyl/N-ethyl adjacent to an activating group) is 1. The summed E-state index contributed by atoms with van der Waals surface area (Å²) in [6, 6.07) is -0.509. The molecule has 2 N–H and O–H groups in total. The lowest BCUT2D eigenvalue weighted by Crippen LogP contribution is -2.56. The van der Waals surface area contributed by atoms with Gasteiger partial charge >= 0.3 is 0 Å². The first-order chi connectivity index (χ1) is 9.15. The largest absolute Gasteiger partial charge is 0.377 e. The van der Waals surface area contributed by atoms with Gasteiger partial charge in [-0.1, -0.05) is 0 Å². The van der Waals surface area contributed by atoms with Crippen molar-refractivity contribution in [2.45, 2.75) is 19.9 Å². The number of hydrogen-bond acceptors (Lipinski definition) is 4. The van der Waals surface area contributed by atoms with Gasteiger partial charge in [-0.3, -0.25) is 9.59 Å². The molecule has 2 rings (SSSR count). The lowest BCUT2D eigenvalue weighted by molar-refractivity contribution is -0.145. The van der Waals surface area contributed by atoms with E-state index < -0.39 is 6.04 Å². The maximum Gasteiger partial charge on any atom is 0.250 e. The molecule has 0 radical (unpaired) electrons. The fourth-order valence-corrected chi connectivity index (χ4v) is 2.24. The molecule has 2 amide bonds. The maximum absolute atomic E-state index is 12.5. The third-order valence-electron chi connectivity index (χ3n) is 3.57. The molecule has 0 aromatic carbocycles. The molecule has 19 heavy (non-hydrogen) atoms. The second kappa shape index (κ2) is 6.16. The summed E-state index contributed by atoms with van der Waals surface area (Å²) in [6.07, 6.45) is 0. The van der Waals surface area contributed by atoms with Crippen LogP contribution in [0.2, 0.25) is 0 Å². The summed E-state index contributed by atoms with van der Waals surface area (Å²) in [5.41, 5.74) is 1.89. The average molecular weight is 267 g/mol. The highest BCUT2D eigenvalue weighted by Crippen LogP contribution is 2.16. The van der Waals surface area contributed by atoms with Crippen molar-refractivity contribution in [2.24, 2.45) is 0 Å². The van der Waals surface area contributed by atoms with Gasteiger partial charge in [-0.2, -0.15) is 0 Å². The van der Waals surface area contributed by atoms with E-state index in [1.165, 1.54) is 0 Å². The van der Waals surface area contributed by atoms with E-state index in [0.717, 1.165) is 24.2 Å². The fraction of sp³-hybridized carbons (Fsp3) is 0.692. The van der Waals surface area contributed by atoms with Crippen LogP contribution >= 0.6 is 0 Å². The van der Waals surface area contributed by atoms with Crippen LogP contribution < -0.4 is 10.6 Å². The third-order valence-corrected chi connectivity index (χ3v) is 3.57. The molecule has 2 aliphatic heterocycles. The number of carbonyl (C=O) groups excluding carboxylic acids is 2. The van der Waals surface area contributed by atoms with Crippen LogP contribution in [-0.2, 0) is 14.3 Å². The standard InChI is InChI=1S/C13H21N3O3/c1-3-15-12(17)11-8-19-5-4-16(11)13(18)9(2)10-6-14-7-10/h11,14H,3-8H2,1-2H3,(H,15,17). The summed E-state index contributed by atoms with van der Waals surface area (Å²) in [5.74, 6) is -0.184. The van der Waals surface area contributed by atoms with E-state index in [4.69, 9.17) is 4.74 Å². The molecule has 6 heteroatoms. The van der Waals surface area contributed by atoms with Crippen LogP contribution in [0.1, 0.15) is 13.8 Å². The molecule has 0 bridgehead atoms. The van der Waals surface area contributed by atoms with Gasteiger partial charge in [0, 0.05) is 31.8 Å². The molecule has 2 fully saturated rings. The lowest BCUT2D eigenvalue weighted by Gasteiger charge is -2.35. The maximum atomic E-state index is 12.5. The Hall–Kier alpha value is -1.40. The number of rotatable bonds is 3. The van der Waals surface area contributed by atoms with Gasteiger partial charge in [-0.05, 0) is 19.4 Å². The van der Waals surface area contributed by atoms with Crippen LogP contribution in [0, 0.1) is 0 Å². The molecule has 0 aromatic heterocycles. The van der Waals surface area contributed by atoms with Gasteiger partial charge in [0.2, 0.25) is 11.8 Å². The average Bonchev–Trinajstić information content (AvgIpc) is 2.36. The lowest BCUT2D eigenvalue weighted by atomic mass is 10.0. The second-order valence-electron chi connectivity index (χ2n) is 4.82. The van der Waals surface area contributed by atoms with Gasteiger partial charge in [0.05, 0.1) is 13.2 Å². The van der Waals surface area contributed by atoms with Crippen LogP contribution in [0.15, 0.2) is 11.1 Å². The highest BCUT2D eigenvalue weighted by Gasteiger charge is 2.34. The number of morpholine rings is 1. The zero-order valence-electron chi connectivity index (χ0n) is 11.5. The minimum Gasteiger partial charge on any atom is -0.377 e. The summed E-state index contributed by atoms with van der Waals surface area (Å²) in [4.78, 5) is 26.1. The first-order valence-electron chi connectivity index (χ1n) is 6.71. The van der Waals surface area contributed by atoms with Gasteiger partial charge in [0.1, 0.15) is 6.04 Å². The summed E-state index contributed by atoms with van der Waals surface area (Å²) in [5, 5.41) is 5.88. The number of nitrogens with zero attached hydrogens (tertiary/aromatic N) is 1. The molecule has 0 saturated carbocycles. The van der Waals surface area contributed by atoms with Crippen LogP contribution in [0.4, 0.5) is 0 Å². The van der Waals surface area contributed by atoms with E-state index in [-0.39, 0.29) is 18.4 Å². The van der Waals surface area contributed by atoms with E-state index in [1.807, 2.05) is 13.8 Å². The first-order valence-corrected chi connectivity index (χ1v) is 6.71. The first kappa shape index (κ1) is 14.0. The molecule has 0 spiro atoms. The van der Waals surface area contributed by atoms with Crippen molar-refractivity contribution < 1.29 is 14.3 Å². The van der Waals surface area contributed by atoms with Gasteiger partial charge in [-0.25, -0.2) is 0 Å². The van der Waals surface area contributed by atoms with Crippen molar-refractivity contribution in [2.75, 3.05) is 39.4 Å². The monoisotopic (exact) mass is 267 g/mol. The van der Waals surface area contributed by atoms with Crippen molar-refractivity contribution in [3.63, 3.8) is 0 Å². The Morgan fingerprint density at radius 3 is 2.79 bits per heavy atom. The predicted octanol–water partition coefficient (Wildman–Crippen LogP) is -0.730. The molecule has 2 aliphatic rings. The Bertz CT molecular complexity index is 400. The molecular weight excluding hydrogens is 246 g/mol. The van der Waals surface area contributed by atoms with E-state index in [9.17, 15) is 9.59 Å². The Morgan fingerprint density at radius 2 is 2.21 bits per heavy atom. The number of hydrogen-bond donors (Lipinski definition) is 2. The van der Waals surface area contributed by atoms with Crippen molar-refractivity contribution in [1.82, 2.24) is 15.5 Å². The number of nitrogens with one attached hydrogen (secondary N) is 2. The van der Waals surface area contributed by atoms with Crippen LogP contribution in [0.3, 0.4) is 0 Å². The summed E-state index contributed by atoms with van der Waals surface area (Å²) in [7, 11) is 0. The van der Waals surface area contributed by atoms with Crippen molar-refractivity contribution >= 4 is 11.8 Å². The highest BCUT2D eigenvalue weighted by atomic mass is 16.5. The molecule has 2 saturated heterocycles. The Morgan fingerprint density at radius 1 is 1.47 bits per heavy atom. The van der Waals surface area contributed by atoms with Crippen LogP contribution in [0.5, 0.6) is 0 Å². The zero-order valence-corrected chi connectivity index (χ0v) is 11.5. The van der Waals surface area contributed by atoms with Gasteiger partial charge in [-0.15, -0.1) is 0 Å². The smallest absolute Gasteiger partial charge is 0.250 e. The van der Waals surface area contributed by atoms with Crippen molar-refractivity contribution in [1.29, 1.82) is 0 Å². The Kier molecular flexibility index (Phi) is 4.55. The summed E-state index contributed by atoms with van der Waals surface area (Å²) >= 11 is 0. The molecular formula is C13H21N3O3. The summed E-state index contributed by atoms with van der Waals surface area (Å²) in [6.45, 7) is 7.03. The molecule has 1 unspecified atom stereocenters. The molecule has 0 aliphatic carbocycles. The number of amides is 2. The normalized spacial score (nSPS) is 22.7. The SMILES string of the molecule is CCNC(=O)C1COCCN1C(=O)C(C)=C1CNC1. The predicted molar refractivity (Wildman–Crippen MR) is 70.6 cm³/mol. The van der Waals surface area contributed by atoms with Crippen LogP contribution in [0.25, 0.3) is 0 Å².